The Balaban J connectivity index is 1.92. The van der Waals surface area contributed by atoms with Gasteiger partial charge in [0.1, 0.15) is 11.5 Å². The summed E-state index contributed by atoms with van der Waals surface area (Å²) in [6.07, 6.45) is 3.53. The molecule has 0 aromatic heterocycles. The first-order valence-corrected chi connectivity index (χ1v) is 5.92. The van der Waals surface area contributed by atoms with E-state index in [9.17, 15) is 0 Å². The Morgan fingerprint density at radius 3 is 1.68 bits per heavy atom. The molecule has 0 amide bonds. The van der Waals surface area contributed by atoms with E-state index < -0.39 is 0 Å². The molecule has 0 aliphatic carbocycles. The van der Waals surface area contributed by atoms with Crippen molar-refractivity contribution in [3.05, 3.63) is 72.8 Å². The van der Waals surface area contributed by atoms with Crippen molar-refractivity contribution in [3.63, 3.8) is 0 Å². The van der Waals surface area contributed by atoms with Crippen molar-refractivity contribution in [1.29, 1.82) is 0 Å². The number of rotatable bonds is 6. The zero-order chi connectivity index (χ0) is 13.5. The molecule has 2 aromatic rings. The lowest BCUT2D eigenvalue weighted by Crippen LogP contribution is -2.10. The second kappa shape index (κ2) is 6.50. The molecule has 0 heterocycles. The molecule has 0 atom stereocenters. The summed E-state index contributed by atoms with van der Waals surface area (Å²) in [6, 6.07) is 15.2. The Labute approximate surface area is 114 Å². The minimum atomic E-state index is 0.706. The van der Waals surface area contributed by atoms with Crippen molar-refractivity contribution >= 4 is 19.8 Å². The first-order chi connectivity index (χ1) is 9.31. The topological polar surface area (TPSA) is 18.5 Å². The third kappa shape index (κ3) is 3.78. The lowest BCUT2D eigenvalue weighted by molar-refractivity contribution is 0.459. The van der Waals surface area contributed by atoms with E-state index in [0.717, 1.165) is 11.1 Å². The molecule has 0 fully saturated rings. The van der Waals surface area contributed by atoms with E-state index >= 15 is 0 Å². The highest BCUT2D eigenvalue weighted by atomic mass is 16.6. The number of benzene rings is 2. The highest BCUT2D eigenvalue weighted by Gasteiger charge is 2.02. The Hall–Kier alpha value is -2.42. The molecule has 2 nitrogen and oxygen atoms in total. The normalized spacial score (nSPS) is 9.47. The smallest absolute Gasteiger partial charge is 0.526 e. The van der Waals surface area contributed by atoms with Gasteiger partial charge in [0.05, 0.1) is 0 Å². The maximum Gasteiger partial charge on any atom is 0.658 e. The van der Waals surface area contributed by atoms with Gasteiger partial charge in [0.25, 0.3) is 0 Å². The van der Waals surface area contributed by atoms with Crippen LogP contribution in [0, 0.1) is 0 Å². The highest BCUT2D eigenvalue weighted by molar-refractivity contribution is 6.20. The van der Waals surface area contributed by atoms with Crippen LogP contribution in [0.1, 0.15) is 11.1 Å². The number of hydrogen-bond donors (Lipinski definition) is 0. The van der Waals surface area contributed by atoms with E-state index in [4.69, 9.17) is 9.31 Å². The van der Waals surface area contributed by atoms with Crippen LogP contribution in [0.3, 0.4) is 0 Å². The van der Waals surface area contributed by atoms with Gasteiger partial charge in [-0.2, -0.15) is 0 Å². The average molecular weight is 249 g/mol. The van der Waals surface area contributed by atoms with Gasteiger partial charge in [0.15, 0.2) is 0 Å². The van der Waals surface area contributed by atoms with Crippen LogP contribution in [-0.4, -0.2) is 7.69 Å². The van der Waals surface area contributed by atoms with Crippen molar-refractivity contribution in [1.82, 2.24) is 0 Å². The molecule has 0 N–H and O–H groups in total. The van der Waals surface area contributed by atoms with Crippen LogP contribution in [0.25, 0.3) is 12.2 Å². The first-order valence-electron chi connectivity index (χ1n) is 5.92. The van der Waals surface area contributed by atoms with Gasteiger partial charge >= 0.3 is 7.69 Å². The summed E-state index contributed by atoms with van der Waals surface area (Å²) < 4.78 is 10.8. The van der Waals surface area contributed by atoms with Gasteiger partial charge in [-0.3, -0.25) is 0 Å². The van der Waals surface area contributed by atoms with Gasteiger partial charge in [-0.1, -0.05) is 49.6 Å². The fraction of sp³-hybridized carbons (Fsp3) is 0. The maximum atomic E-state index is 5.41. The lowest BCUT2D eigenvalue weighted by Gasteiger charge is -2.07. The van der Waals surface area contributed by atoms with Crippen LogP contribution in [0.5, 0.6) is 11.5 Å². The molecule has 0 aliphatic rings. The summed E-state index contributed by atoms with van der Waals surface area (Å²) in [4.78, 5) is 0. The summed E-state index contributed by atoms with van der Waals surface area (Å²) >= 11 is 0. The van der Waals surface area contributed by atoms with E-state index in [1.165, 1.54) is 7.69 Å². The third-order valence-corrected chi connectivity index (χ3v) is 2.56. The molecular formula is C16H14BO2. The molecule has 1 radical (unpaired) electrons. The summed E-state index contributed by atoms with van der Waals surface area (Å²) in [7, 11) is 1.31. The van der Waals surface area contributed by atoms with E-state index in [2.05, 4.69) is 13.2 Å². The maximum absolute atomic E-state index is 5.41. The summed E-state index contributed by atoms with van der Waals surface area (Å²) in [5, 5.41) is 0. The van der Waals surface area contributed by atoms with Gasteiger partial charge in [-0.25, -0.2) is 0 Å². The Kier molecular flexibility index (Phi) is 4.46. The first kappa shape index (κ1) is 13.0. The zero-order valence-electron chi connectivity index (χ0n) is 10.6. The monoisotopic (exact) mass is 249 g/mol. The predicted octanol–water partition coefficient (Wildman–Crippen LogP) is 3.96. The van der Waals surface area contributed by atoms with E-state index in [-0.39, 0.29) is 0 Å². The third-order valence-electron chi connectivity index (χ3n) is 2.56. The molecule has 0 saturated heterocycles. The second-order valence-corrected chi connectivity index (χ2v) is 3.89. The molecule has 2 aromatic carbocycles. The molecule has 0 saturated carbocycles. The molecule has 19 heavy (non-hydrogen) atoms. The van der Waals surface area contributed by atoms with Gasteiger partial charge in [0.2, 0.25) is 0 Å². The summed E-state index contributed by atoms with van der Waals surface area (Å²) in [5.41, 5.74) is 2.00. The van der Waals surface area contributed by atoms with Crippen molar-refractivity contribution in [2.45, 2.75) is 0 Å². The van der Waals surface area contributed by atoms with E-state index in [1.54, 1.807) is 12.2 Å². The van der Waals surface area contributed by atoms with Gasteiger partial charge < -0.3 is 9.31 Å². The fourth-order valence-electron chi connectivity index (χ4n) is 1.56. The SMILES string of the molecule is C=Cc1cccc(O[B]Oc2cccc(C=C)c2)c1. The molecule has 0 unspecified atom stereocenters. The predicted molar refractivity (Wildman–Crippen MR) is 80.1 cm³/mol. The highest BCUT2D eigenvalue weighted by Crippen LogP contribution is 2.16. The summed E-state index contributed by atoms with van der Waals surface area (Å²) in [5.74, 6) is 1.41. The lowest BCUT2D eigenvalue weighted by atomic mass is 10.2. The van der Waals surface area contributed by atoms with Crippen molar-refractivity contribution in [3.8, 4) is 11.5 Å². The molecule has 0 aliphatic heterocycles. The minimum Gasteiger partial charge on any atom is -0.526 e. The van der Waals surface area contributed by atoms with Gasteiger partial charge in [0, 0.05) is 0 Å². The van der Waals surface area contributed by atoms with Crippen molar-refractivity contribution in [2.75, 3.05) is 0 Å². The molecular weight excluding hydrogens is 235 g/mol. The molecule has 2 rings (SSSR count). The Morgan fingerprint density at radius 2 is 1.26 bits per heavy atom. The largest absolute Gasteiger partial charge is 0.658 e. The standard InChI is InChI=1S/C16H14BO2/c1-3-13-7-5-9-15(11-13)18-17-19-16-10-6-8-14(4-2)12-16/h3-12H,1-2H2. The average Bonchev–Trinajstić information content (AvgIpc) is 2.48. The zero-order valence-corrected chi connectivity index (χ0v) is 10.6. The van der Waals surface area contributed by atoms with Crippen LogP contribution < -0.4 is 9.31 Å². The van der Waals surface area contributed by atoms with Crippen LogP contribution in [0.4, 0.5) is 0 Å². The fourth-order valence-corrected chi connectivity index (χ4v) is 1.56. The number of hydrogen-bond acceptors (Lipinski definition) is 2. The van der Waals surface area contributed by atoms with Crippen molar-refractivity contribution < 1.29 is 9.31 Å². The van der Waals surface area contributed by atoms with Crippen LogP contribution in [0.2, 0.25) is 0 Å². The minimum absolute atomic E-state index is 0.706. The Bertz CT molecular complexity index is 527. The van der Waals surface area contributed by atoms with E-state index in [1.807, 2.05) is 48.5 Å². The summed E-state index contributed by atoms with van der Waals surface area (Å²) in [6.45, 7) is 7.43. The molecule has 3 heteroatoms. The van der Waals surface area contributed by atoms with Gasteiger partial charge in [-0.15, -0.1) is 0 Å². The molecule has 0 bridgehead atoms. The molecule has 93 valence electrons. The van der Waals surface area contributed by atoms with E-state index in [0.29, 0.717) is 11.5 Å². The Morgan fingerprint density at radius 1 is 0.789 bits per heavy atom. The van der Waals surface area contributed by atoms with Crippen LogP contribution in [0.15, 0.2) is 61.7 Å². The van der Waals surface area contributed by atoms with Crippen LogP contribution in [-0.2, 0) is 0 Å². The van der Waals surface area contributed by atoms with Crippen molar-refractivity contribution in [2.24, 2.45) is 0 Å². The quantitative estimate of drug-likeness (QED) is 0.721. The van der Waals surface area contributed by atoms with Crippen LogP contribution >= 0.6 is 0 Å². The van der Waals surface area contributed by atoms with Gasteiger partial charge in [-0.05, 0) is 35.4 Å². The molecule has 0 spiro atoms. The second-order valence-electron chi connectivity index (χ2n) is 3.89.